The predicted molar refractivity (Wildman–Crippen MR) is 120 cm³/mol. The van der Waals surface area contributed by atoms with Gasteiger partial charge in [-0.2, -0.15) is 0 Å². The molecule has 0 spiro atoms. The van der Waals surface area contributed by atoms with Crippen LogP contribution in [0.25, 0.3) is 0 Å². The molecule has 0 aliphatic rings. The summed E-state index contributed by atoms with van der Waals surface area (Å²) < 4.78 is 13.6. The van der Waals surface area contributed by atoms with E-state index in [9.17, 15) is 90.0 Å². The van der Waals surface area contributed by atoms with E-state index >= 15 is 0 Å². The summed E-state index contributed by atoms with van der Waals surface area (Å²) in [6, 6.07) is 0. The van der Waals surface area contributed by atoms with E-state index in [4.69, 9.17) is 0 Å². The number of aldehydes is 3. The van der Waals surface area contributed by atoms with Gasteiger partial charge in [-0.15, -0.1) is 0 Å². The Morgan fingerprint density at radius 1 is 0.463 bits per heavy atom. The van der Waals surface area contributed by atoms with Gasteiger partial charge in [-0.3, -0.25) is 14.4 Å². The Bertz CT molecular complexity index is 803. The zero-order valence-electron chi connectivity index (χ0n) is 20.7. The van der Waals surface area contributed by atoms with Gasteiger partial charge in [0.15, 0.2) is 37.2 Å². The number of carbonyl (C=O) groups excluding carboxylic acids is 6. The molecule has 0 saturated heterocycles. The van der Waals surface area contributed by atoms with E-state index in [1.54, 1.807) is 0 Å². The fourth-order valence-electron chi connectivity index (χ4n) is 2.62. The molecular formula is C19H30O21Si. The zero-order valence-corrected chi connectivity index (χ0v) is 21.7. The molecule has 21 nitrogen and oxygen atoms in total. The van der Waals surface area contributed by atoms with E-state index in [-0.39, 0.29) is 18.9 Å². The Morgan fingerprint density at radius 2 is 0.659 bits per heavy atom. The van der Waals surface area contributed by atoms with Gasteiger partial charge in [0.1, 0.15) is 54.9 Å². The molecule has 0 fully saturated rings. The number of rotatable bonds is 18. The third-order valence-electron chi connectivity index (χ3n) is 5.07. The van der Waals surface area contributed by atoms with Crippen molar-refractivity contribution in [3.63, 3.8) is 0 Å². The van der Waals surface area contributed by atoms with Crippen molar-refractivity contribution in [3.8, 4) is 0 Å². The molecule has 22 heteroatoms. The Balaban J connectivity index is 6.15. The number of carbonyl (C=O) groups is 6. The van der Waals surface area contributed by atoms with E-state index in [1.165, 1.54) is 0 Å². The quantitative estimate of drug-likeness (QED) is 0.0498. The topological polar surface area (TPSA) is 373 Å². The smallest absolute Gasteiger partial charge is 0.453 e. The normalized spacial score (nSPS) is 20.7. The van der Waals surface area contributed by atoms with Gasteiger partial charge in [0, 0.05) is 6.55 Å². The lowest BCUT2D eigenvalue weighted by molar-refractivity contribution is -0.176. The van der Waals surface area contributed by atoms with Gasteiger partial charge in [-0.25, -0.2) is 0 Å². The fraction of sp³-hybridized carbons (Fsp3) is 0.684. The average Bonchev–Trinajstić information content (AvgIpc) is 2.95. The fourth-order valence-corrected chi connectivity index (χ4v) is 4.20. The molecule has 0 saturated carbocycles. The minimum absolute atomic E-state index is 0.306. The lowest BCUT2D eigenvalue weighted by Gasteiger charge is -2.31. The Hall–Kier alpha value is -2.84. The number of aliphatic hydroxyl groups is 12. The first kappa shape index (κ1) is 38.2. The second-order valence-corrected chi connectivity index (χ2v) is 10.6. The van der Waals surface area contributed by atoms with Gasteiger partial charge >= 0.3 is 26.7 Å². The standard InChI is InChI=1S/C19H30O21Si/c1-41(38-17(35)14(32)11(29)8(26)5(23)2-20,39-18(36)15(33)12(30)9(27)6(24)3-21)40-19(37)16(34)13(31)10(28)7(25)4-22/h2-16,23-34H,1H3/t5-,6-,7-,8-,9-,10-,11+,12+,13+,14+,15+,16+/m1/s1. The first-order chi connectivity index (χ1) is 18.8. The highest BCUT2D eigenvalue weighted by Gasteiger charge is 2.53. The lowest BCUT2D eigenvalue weighted by atomic mass is 10.0. The van der Waals surface area contributed by atoms with Crippen LogP contribution < -0.4 is 0 Å². The van der Waals surface area contributed by atoms with Gasteiger partial charge in [0.25, 0.3) is 0 Å². The summed E-state index contributed by atoms with van der Waals surface area (Å²) in [4.78, 5) is 68.7. The van der Waals surface area contributed by atoms with Crippen molar-refractivity contribution in [2.24, 2.45) is 0 Å². The number of aliphatic hydroxyl groups excluding tert-OH is 12. The van der Waals surface area contributed by atoms with Crippen LogP contribution in [-0.2, 0) is 42.0 Å². The van der Waals surface area contributed by atoms with Crippen LogP contribution in [0.2, 0.25) is 6.55 Å². The lowest BCUT2D eigenvalue weighted by Crippen LogP contribution is -2.58. The van der Waals surface area contributed by atoms with Crippen LogP contribution in [0.5, 0.6) is 0 Å². The van der Waals surface area contributed by atoms with Crippen molar-refractivity contribution in [2.45, 2.75) is 79.8 Å². The largest absolute Gasteiger partial charge is 0.702 e. The van der Waals surface area contributed by atoms with Gasteiger partial charge < -0.3 is 88.9 Å². The molecule has 0 radical (unpaired) electrons. The highest BCUT2D eigenvalue weighted by molar-refractivity contribution is 6.64. The second-order valence-electron chi connectivity index (χ2n) is 8.28. The van der Waals surface area contributed by atoms with Crippen LogP contribution in [0.1, 0.15) is 0 Å². The molecule has 41 heavy (non-hydrogen) atoms. The predicted octanol–water partition coefficient (Wildman–Crippen LogP) is -9.89. The van der Waals surface area contributed by atoms with Crippen LogP contribution in [0, 0.1) is 0 Å². The van der Waals surface area contributed by atoms with Crippen molar-refractivity contribution in [2.75, 3.05) is 0 Å². The number of hydrogen-bond acceptors (Lipinski definition) is 21. The van der Waals surface area contributed by atoms with E-state index in [2.05, 4.69) is 13.3 Å². The molecule has 0 unspecified atom stereocenters. The molecule has 0 aliphatic heterocycles. The first-order valence-electron chi connectivity index (χ1n) is 11.0. The second kappa shape index (κ2) is 16.6. The minimum atomic E-state index is -5.48. The molecule has 236 valence electrons. The highest BCUT2D eigenvalue weighted by atomic mass is 28.4. The Morgan fingerprint density at radius 3 is 0.829 bits per heavy atom. The third-order valence-corrected chi connectivity index (χ3v) is 6.79. The van der Waals surface area contributed by atoms with Crippen LogP contribution in [-0.4, -0.2) is 180 Å². The van der Waals surface area contributed by atoms with Crippen LogP contribution in [0.3, 0.4) is 0 Å². The summed E-state index contributed by atoms with van der Waals surface area (Å²) in [5.41, 5.74) is 0. The van der Waals surface area contributed by atoms with Gasteiger partial charge in [-0.1, -0.05) is 0 Å². The molecule has 12 N–H and O–H groups in total. The average molecular weight is 623 g/mol. The van der Waals surface area contributed by atoms with Crippen molar-refractivity contribution in [1.29, 1.82) is 0 Å². The molecule has 0 amide bonds. The van der Waals surface area contributed by atoms with Gasteiger partial charge in [0.05, 0.1) is 0 Å². The van der Waals surface area contributed by atoms with E-state index < -0.39 is 100.0 Å². The SMILES string of the molecule is C[Si](OC(=O)[C@@H](O)[C@@H](O)[C@H](O)[C@H](O)C=O)(OC(=O)[C@@H](O)[C@@H](O)[C@H](O)[C@H](O)C=O)OC(=O)[C@@H](O)[C@@H](O)[C@H](O)[C@H](O)C=O. The molecule has 0 aliphatic carbocycles. The zero-order chi connectivity index (χ0) is 32.4. The summed E-state index contributed by atoms with van der Waals surface area (Å²) in [5.74, 6) is -6.37. The van der Waals surface area contributed by atoms with Crippen molar-refractivity contribution >= 4 is 45.6 Å². The number of hydrogen-bond donors (Lipinski definition) is 12. The summed E-state index contributed by atoms with van der Waals surface area (Å²) in [6.45, 7) is 0.433. The van der Waals surface area contributed by atoms with Gasteiger partial charge in [-0.05, 0) is 0 Å². The summed E-state index contributed by atoms with van der Waals surface area (Å²) >= 11 is 0. The van der Waals surface area contributed by atoms with Gasteiger partial charge in [0.2, 0.25) is 0 Å². The molecule has 0 aromatic heterocycles. The Labute approximate surface area is 229 Å². The van der Waals surface area contributed by atoms with E-state index in [1.807, 2.05) is 0 Å². The highest BCUT2D eigenvalue weighted by Crippen LogP contribution is 2.18. The monoisotopic (exact) mass is 622 g/mol. The molecule has 0 aromatic carbocycles. The van der Waals surface area contributed by atoms with Crippen molar-refractivity contribution in [3.05, 3.63) is 0 Å². The van der Waals surface area contributed by atoms with Crippen molar-refractivity contribution in [1.82, 2.24) is 0 Å². The third kappa shape index (κ3) is 10.5. The van der Waals surface area contributed by atoms with Crippen LogP contribution >= 0.6 is 0 Å². The molecule has 0 heterocycles. The maximum atomic E-state index is 12.3. The molecule has 0 bridgehead atoms. The summed E-state index contributed by atoms with van der Waals surface area (Å²) in [5, 5.41) is 116. The van der Waals surface area contributed by atoms with Crippen molar-refractivity contribution < 1.29 is 103 Å². The molecule has 0 rings (SSSR count). The maximum absolute atomic E-state index is 12.3. The first-order valence-corrected chi connectivity index (χ1v) is 13.2. The van der Waals surface area contributed by atoms with Crippen LogP contribution in [0.15, 0.2) is 0 Å². The Kier molecular flexibility index (Phi) is 15.4. The molecular weight excluding hydrogens is 592 g/mol. The maximum Gasteiger partial charge on any atom is 0.702 e. The summed E-state index contributed by atoms with van der Waals surface area (Å²) in [7, 11) is -5.48. The molecule has 0 aromatic rings. The van der Waals surface area contributed by atoms with E-state index in [0.717, 1.165) is 0 Å². The van der Waals surface area contributed by atoms with Crippen LogP contribution in [0.4, 0.5) is 0 Å². The van der Waals surface area contributed by atoms with E-state index in [0.29, 0.717) is 6.55 Å². The molecule has 12 atom stereocenters. The summed E-state index contributed by atoms with van der Waals surface area (Å²) in [6.07, 6.45) is -32.3. The minimum Gasteiger partial charge on any atom is -0.453 e.